The molecule has 2 aromatic carbocycles. The molecule has 0 radical (unpaired) electrons. The van der Waals surface area contributed by atoms with Gasteiger partial charge in [-0.15, -0.1) is 0 Å². The van der Waals surface area contributed by atoms with Crippen LogP contribution < -0.4 is 4.90 Å². The molecule has 2 heterocycles. The summed E-state index contributed by atoms with van der Waals surface area (Å²) >= 11 is 0. The summed E-state index contributed by atoms with van der Waals surface area (Å²) in [7, 11) is 1.72. The minimum Gasteiger partial charge on any atom is -0.784 e. The fourth-order valence-electron chi connectivity index (χ4n) is 3.92. The van der Waals surface area contributed by atoms with Crippen LogP contribution in [0.2, 0.25) is 0 Å². The van der Waals surface area contributed by atoms with E-state index in [4.69, 9.17) is 5.10 Å². The molecule has 2 unspecified atom stereocenters. The Morgan fingerprint density at radius 1 is 1.04 bits per heavy atom. The standard InChI is InChI=1S/C22H23N4O2/c1-15-19-20(18-12-8-5-9-13-18)26(28)16(2)22(27)24(3)21(19)25(23-15)14-17-10-6-4-7-11-17/h4-13,16,20H,14H2,1-3H3/q-1. The molecule has 1 aliphatic heterocycles. The molecule has 3 aromatic rings. The molecule has 0 saturated carbocycles. The van der Waals surface area contributed by atoms with Crippen LogP contribution in [0.5, 0.6) is 0 Å². The largest absolute Gasteiger partial charge is 0.784 e. The summed E-state index contributed by atoms with van der Waals surface area (Å²) in [5.74, 6) is 0.453. The number of anilines is 1. The van der Waals surface area contributed by atoms with Gasteiger partial charge in [-0.05, 0) is 25.0 Å². The number of hydrogen-bond acceptors (Lipinski definition) is 4. The zero-order valence-electron chi connectivity index (χ0n) is 16.2. The molecule has 0 fully saturated rings. The van der Waals surface area contributed by atoms with Crippen LogP contribution in [0.25, 0.3) is 0 Å². The van der Waals surface area contributed by atoms with E-state index in [-0.39, 0.29) is 5.91 Å². The lowest BCUT2D eigenvalue weighted by Crippen LogP contribution is -2.42. The average Bonchev–Trinajstić information content (AvgIpc) is 3.00. The third kappa shape index (κ3) is 3.00. The van der Waals surface area contributed by atoms with Crippen molar-refractivity contribution in [3.8, 4) is 0 Å². The molecule has 1 aliphatic rings. The highest BCUT2D eigenvalue weighted by atomic mass is 16.5. The fraction of sp³-hybridized carbons (Fsp3) is 0.273. The Bertz CT molecular complexity index is 985. The second-order valence-electron chi connectivity index (χ2n) is 7.21. The van der Waals surface area contributed by atoms with Gasteiger partial charge in [0.25, 0.3) is 0 Å². The lowest BCUT2D eigenvalue weighted by molar-refractivity contribution is -0.122. The van der Waals surface area contributed by atoms with Crippen molar-refractivity contribution in [1.29, 1.82) is 0 Å². The fourth-order valence-corrected chi connectivity index (χ4v) is 3.92. The van der Waals surface area contributed by atoms with E-state index in [1.807, 2.05) is 72.3 Å². The SMILES string of the molecule is Cc1nn(Cc2ccccc2)c2c1C(c1ccccc1)N([O-])C(C)C(=O)N2C. The number of carbonyl (C=O) groups is 1. The van der Waals surface area contributed by atoms with Crippen molar-refractivity contribution >= 4 is 11.7 Å². The van der Waals surface area contributed by atoms with Crippen molar-refractivity contribution in [1.82, 2.24) is 14.8 Å². The lowest BCUT2D eigenvalue weighted by atomic mass is 9.97. The predicted octanol–water partition coefficient (Wildman–Crippen LogP) is 3.49. The molecule has 0 bridgehead atoms. The van der Waals surface area contributed by atoms with E-state index in [0.29, 0.717) is 12.4 Å². The summed E-state index contributed by atoms with van der Waals surface area (Å²) in [4.78, 5) is 14.5. The second-order valence-corrected chi connectivity index (χ2v) is 7.21. The van der Waals surface area contributed by atoms with E-state index in [9.17, 15) is 10.0 Å². The first-order valence-electron chi connectivity index (χ1n) is 9.38. The number of aryl methyl sites for hydroxylation is 1. The molecule has 28 heavy (non-hydrogen) atoms. The van der Waals surface area contributed by atoms with E-state index in [2.05, 4.69) is 0 Å². The number of hydrogen-bond donors (Lipinski definition) is 0. The van der Waals surface area contributed by atoms with Crippen molar-refractivity contribution in [2.45, 2.75) is 32.5 Å². The monoisotopic (exact) mass is 375 g/mol. The third-order valence-corrected chi connectivity index (χ3v) is 5.35. The zero-order valence-corrected chi connectivity index (χ0v) is 16.2. The molecule has 0 aliphatic carbocycles. The normalized spacial score (nSPS) is 20.1. The van der Waals surface area contributed by atoms with Gasteiger partial charge in [-0.2, -0.15) is 5.10 Å². The number of rotatable bonds is 3. The van der Waals surface area contributed by atoms with Gasteiger partial charge in [0.2, 0.25) is 5.91 Å². The van der Waals surface area contributed by atoms with Crippen LogP contribution >= 0.6 is 0 Å². The van der Waals surface area contributed by atoms with Crippen LogP contribution in [-0.2, 0) is 11.3 Å². The van der Waals surface area contributed by atoms with Crippen LogP contribution in [0.4, 0.5) is 5.82 Å². The highest BCUT2D eigenvalue weighted by molar-refractivity contribution is 5.97. The van der Waals surface area contributed by atoms with E-state index >= 15 is 0 Å². The molecule has 1 amide bonds. The van der Waals surface area contributed by atoms with Gasteiger partial charge < -0.3 is 10.3 Å². The van der Waals surface area contributed by atoms with Crippen LogP contribution in [0, 0.1) is 12.1 Å². The van der Waals surface area contributed by atoms with Gasteiger partial charge in [-0.1, -0.05) is 60.7 Å². The van der Waals surface area contributed by atoms with Crippen molar-refractivity contribution in [3.63, 3.8) is 0 Å². The molecule has 1 aromatic heterocycles. The summed E-state index contributed by atoms with van der Waals surface area (Å²) in [6, 6.07) is 18.2. The maximum Gasteiger partial charge on any atom is 0.244 e. The van der Waals surface area contributed by atoms with Crippen LogP contribution in [0.1, 0.15) is 35.3 Å². The van der Waals surface area contributed by atoms with E-state index < -0.39 is 12.1 Å². The molecule has 6 heteroatoms. The van der Waals surface area contributed by atoms with Gasteiger partial charge in [-0.3, -0.25) is 9.69 Å². The highest BCUT2D eigenvalue weighted by Gasteiger charge is 2.37. The number of carbonyl (C=O) groups excluding carboxylic acids is 1. The van der Waals surface area contributed by atoms with Crippen LogP contribution in [-0.4, -0.2) is 33.8 Å². The summed E-state index contributed by atoms with van der Waals surface area (Å²) in [6.07, 6.45) is 0. The Hall–Kier alpha value is -2.96. The van der Waals surface area contributed by atoms with Crippen LogP contribution in [0.3, 0.4) is 0 Å². The number of amides is 1. The van der Waals surface area contributed by atoms with Gasteiger partial charge in [-0.25, -0.2) is 4.68 Å². The second kappa shape index (κ2) is 7.22. The topological polar surface area (TPSA) is 64.4 Å². The Kier molecular flexibility index (Phi) is 4.75. The average molecular weight is 375 g/mol. The Morgan fingerprint density at radius 2 is 1.64 bits per heavy atom. The number of likely N-dealkylation sites (N-methyl/N-ethyl adjacent to an activating group) is 1. The number of fused-ring (bicyclic) bond motifs is 1. The van der Waals surface area contributed by atoms with Crippen LogP contribution in [0.15, 0.2) is 60.7 Å². The summed E-state index contributed by atoms with van der Waals surface area (Å²) in [5, 5.41) is 18.8. The number of benzene rings is 2. The van der Waals surface area contributed by atoms with Crippen molar-refractivity contribution in [2.75, 3.05) is 11.9 Å². The minimum absolute atomic E-state index is 0.233. The van der Waals surface area contributed by atoms with Gasteiger partial charge in [0, 0.05) is 12.6 Å². The maximum absolute atomic E-state index is 13.2. The van der Waals surface area contributed by atoms with Gasteiger partial charge in [0.15, 0.2) is 0 Å². The van der Waals surface area contributed by atoms with Crippen molar-refractivity contribution < 1.29 is 4.79 Å². The first-order valence-corrected chi connectivity index (χ1v) is 9.38. The quantitative estimate of drug-likeness (QED) is 0.703. The third-order valence-electron chi connectivity index (χ3n) is 5.35. The van der Waals surface area contributed by atoms with Crippen molar-refractivity contribution in [2.24, 2.45) is 0 Å². The van der Waals surface area contributed by atoms with Gasteiger partial charge >= 0.3 is 0 Å². The molecule has 2 atom stereocenters. The number of hydroxylamine groups is 2. The molecule has 4 rings (SSSR count). The summed E-state index contributed by atoms with van der Waals surface area (Å²) in [6.45, 7) is 4.10. The summed E-state index contributed by atoms with van der Waals surface area (Å²) in [5.41, 5.74) is 3.49. The van der Waals surface area contributed by atoms with Gasteiger partial charge in [0.1, 0.15) is 5.82 Å². The van der Waals surface area contributed by atoms with Crippen molar-refractivity contribution in [3.05, 3.63) is 88.3 Å². The number of aromatic nitrogens is 2. The number of nitrogens with zero attached hydrogens (tertiary/aromatic N) is 4. The Balaban J connectivity index is 1.91. The first kappa shape index (κ1) is 18.4. The first-order chi connectivity index (χ1) is 13.5. The lowest BCUT2D eigenvalue weighted by Gasteiger charge is -2.39. The molecule has 144 valence electrons. The van der Waals surface area contributed by atoms with E-state index in [1.165, 1.54) is 0 Å². The molecule has 0 spiro atoms. The molecular formula is C22H23N4O2-. The predicted molar refractivity (Wildman–Crippen MR) is 109 cm³/mol. The minimum atomic E-state index is -0.785. The molecule has 6 nitrogen and oxygen atoms in total. The van der Waals surface area contributed by atoms with E-state index in [0.717, 1.165) is 27.4 Å². The molecule has 0 saturated heterocycles. The van der Waals surface area contributed by atoms with Gasteiger partial charge in [0.05, 0.1) is 24.3 Å². The summed E-state index contributed by atoms with van der Waals surface area (Å²) < 4.78 is 1.83. The Labute approximate surface area is 164 Å². The van der Waals surface area contributed by atoms with E-state index in [1.54, 1.807) is 18.9 Å². The smallest absolute Gasteiger partial charge is 0.244 e. The highest BCUT2D eigenvalue weighted by Crippen LogP contribution is 2.40. The molecular weight excluding hydrogens is 352 g/mol. The maximum atomic E-state index is 13.2. The molecule has 0 N–H and O–H groups in total. The Morgan fingerprint density at radius 3 is 2.29 bits per heavy atom. The zero-order chi connectivity index (χ0) is 19.8.